The number of rotatable bonds is 13. The summed E-state index contributed by atoms with van der Waals surface area (Å²) in [5.74, 6) is 0.152. The number of hydrogen-bond donors (Lipinski definition) is 0. The van der Waals surface area contributed by atoms with Crippen molar-refractivity contribution < 1.29 is 23.2 Å². The van der Waals surface area contributed by atoms with Crippen molar-refractivity contribution in [2.45, 2.75) is 72.1 Å². The Morgan fingerprint density at radius 1 is 1.04 bits per heavy atom. The fraction of sp³-hybridized carbons (Fsp3) is 0.944. The maximum absolute atomic E-state index is 12.8. The maximum Gasteiger partial charge on any atom is 0.330 e. The molecule has 0 spiro atoms. The molecule has 0 aliphatic heterocycles. The van der Waals surface area contributed by atoms with Crippen molar-refractivity contribution in [2.75, 3.05) is 32.5 Å². The molecule has 0 aromatic rings. The number of carbonyl (C=O) groups is 1. The van der Waals surface area contributed by atoms with Gasteiger partial charge in [0.15, 0.2) is 0 Å². The van der Waals surface area contributed by atoms with Gasteiger partial charge in [-0.25, -0.2) is 5.06 Å². The Balaban J connectivity index is 2.56. The molecule has 0 aromatic heterocycles. The van der Waals surface area contributed by atoms with Crippen LogP contribution in [0.2, 0.25) is 0 Å². The highest BCUT2D eigenvalue weighted by atomic mass is 31.2. The molecule has 0 atom stereocenters. The Kier molecular flexibility index (Phi) is 11.6. The lowest BCUT2D eigenvalue weighted by molar-refractivity contribution is -0.192. The van der Waals surface area contributed by atoms with E-state index in [0.717, 1.165) is 38.5 Å². The molecule has 0 saturated heterocycles. The molecule has 7 heteroatoms. The van der Waals surface area contributed by atoms with E-state index in [2.05, 4.69) is 6.92 Å². The largest absolute Gasteiger partial charge is 0.330 e. The molecule has 1 fully saturated rings. The van der Waals surface area contributed by atoms with Crippen molar-refractivity contribution in [3.8, 4) is 0 Å². The van der Waals surface area contributed by atoms with E-state index in [1.807, 2.05) is 0 Å². The van der Waals surface area contributed by atoms with Crippen LogP contribution in [0.15, 0.2) is 0 Å². The van der Waals surface area contributed by atoms with Gasteiger partial charge < -0.3 is 9.05 Å². The predicted octanol–water partition coefficient (Wildman–Crippen LogP) is 4.78. The van der Waals surface area contributed by atoms with Crippen molar-refractivity contribution >= 4 is 13.5 Å². The van der Waals surface area contributed by atoms with Crippen LogP contribution in [0.1, 0.15) is 72.1 Å². The lowest BCUT2D eigenvalue weighted by Gasteiger charge is -2.29. The maximum atomic E-state index is 12.8. The molecule has 1 rings (SSSR count). The van der Waals surface area contributed by atoms with Crippen LogP contribution in [0.25, 0.3) is 0 Å². The van der Waals surface area contributed by atoms with E-state index in [1.165, 1.54) is 11.5 Å². The van der Waals surface area contributed by atoms with Crippen LogP contribution in [-0.2, 0) is 23.2 Å². The van der Waals surface area contributed by atoms with Crippen LogP contribution in [0.3, 0.4) is 0 Å². The topological polar surface area (TPSA) is 65.1 Å². The summed E-state index contributed by atoms with van der Waals surface area (Å²) in [6.45, 7) is 7.39. The van der Waals surface area contributed by atoms with Gasteiger partial charge in [0.2, 0.25) is 5.91 Å². The molecule has 0 radical (unpaired) electrons. The molecule has 6 nitrogen and oxygen atoms in total. The zero-order valence-electron chi connectivity index (χ0n) is 16.2. The highest BCUT2D eigenvalue weighted by Crippen LogP contribution is 2.48. The molecule has 1 aliphatic rings. The predicted molar refractivity (Wildman–Crippen MR) is 99.5 cm³/mol. The Labute approximate surface area is 153 Å². The number of carbonyl (C=O) groups excluding carboxylic acids is 1. The first-order chi connectivity index (χ1) is 12.1. The molecule has 1 aliphatic carbocycles. The van der Waals surface area contributed by atoms with Crippen molar-refractivity contribution in [1.82, 2.24) is 5.06 Å². The van der Waals surface area contributed by atoms with E-state index in [9.17, 15) is 9.36 Å². The number of hydroxylamine groups is 2. The van der Waals surface area contributed by atoms with Crippen molar-refractivity contribution in [2.24, 2.45) is 5.92 Å². The summed E-state index contributed by atoms with van der Waals surface area (Å²) in [7, 11) is -3.06. The molecule has 0 bridgehead atoms. The zero-order chi connectivity index (χ0) is 18.5. The first-order valence-electron chi connectivity index (χ1n) is 9.88. The Morgan fingerprint density at radius 2 is 1.68 bits per heavy atom. The average molecular weight is 377 g/mol. The van der Waals surface area contributed by atoms with Crippen LogP contribution >= 0.6 is 7.60 Å². The minimum absolute atomic E-state index is 0.0703. The average Bonchev–Trinajstić information content (AvgIpc) is 2.61. The number of hydrogen-bond acceptors (Lipinski definition) is 5. The van der Waals surface area contributed by atoms with Crippen molar-refractivity contribution in [1.29, 1.82) is 0 Å². The van der Waals surface area contributed by atoms with Crippen LogP contribution in [0.4, 0.5) is 0 Å². The first kappa shape index (κ1) is 22.6. The van der Waals surface area contributed by atoms with Gasteiger partial charge in [-0.3, -0.25) is 14.2 Å². The highest BCUT2D eigenvalue weighted by molar-refractivity contribution is 7.53. The minimum Gasteiger partial charge on any atom is -0.309 e. The van der Waals surface area contributed by atoms with Crippen LogP contribution < -0.4 is 0 Å². The quantitative estimate of drug-likeness (QED) is 0.262. The van der Waals surface area contributed by atoms with Crippen LogP contribution in [0, 0.1) is 5.92 Å². The molecule has 0 N–H and O–H groups in total. The lowest BCUT2D eigenvalue weighted by Crippen LogP contribution is -2.38. The monoisotopic (exact) mass is 377 g/mol. The van der Waals surface area contributed by atoms with E-state index in [-0.39, 0.29) is 11.8 Å². The Bertz CT molecular complexity index is 402. The zero-order valence-corrected chi connectivity index (χ0v) is 17.1. The molecular formula is C18H36NO5P. The van der Waals surface area contributed by atoms with E-state index in [4.69, 9.17) is 13.9 Å². The number of unbranched alkanes of at least 4 members (excludes halogenated alkanes) is 1. The van der Waals surface area contributed by atoms with Gasteiger partial charge >= 0.3 is 7.60 Å². The smallest absolute Gasteiger partial charge is 0.309 e. The van der Waals surface area contributed by atoms with Crippen LogP contribution in [0.5, 0.6) is 0 Å². The molecule has 25 heavy (non-hydrogen) atoms. The molecule has 0 heterocycles. The lowest BCUT2D eigenvalue weighted by atomic mass is 9.88. The second-order valence-electron chi connectivity index (χ2n) is 6.49. The summed E-state index contributed by atoms with van der Waals surface area (Å²) in [6, 6.07) is 0. The van der Waals surface area contributed by atoms with Crippen LogP contribution in [-0.4, -0.2) is 43.5 Å². The second-order valence-corrected chi connectivity index (χ2v) is 8.67. The number of nitrogens with zero attached hydrogens (tertiary/aromatic N) is 1. The third-order valence-electron chi connectivity index (χ3n) is 4.39. The summed E-state index contributed by atoms with van der Waals surface area (Å²) in [5, 5.41) is 1.51. The highest BCUT2D eigenvalue weighted by Gasteiger charge is 2.28. The Hall–Kier alpha value is -0.420. The molecule has 0 unspecified atom stereocenters. The second kappa shape index (κ2) is 12.9. The summed E-state index contributed by atoms with van der Waals surface area (Å²) in [4.78, 5) is 18.5. The molecule has 1 amide bonds. The van der Waals surface area contributed by atoms with Gasteiger partial charge in [0.1, 0.15) is 0 Å². The van der Waals surface area contributed by atoms with Gasteiger partial charge in [-0.05, 0) is 39.5 Å². The summed E-state index contributed by atoms with van der Waals surface area (Å²) >= 11 is 0. The van der Waals surface area contributed by atoms with Gasteiger partial charge in [-0.1, -0.05) is 32.6 Å². The number of amides is 1. The molecule has 0 aromatic carbocycles. The van der Waals surface area contributed by atoms with Crippen molar-refractivity contribution in [3.63, 3.8) is 0 Å². The van der Waals surface area contributed by atoms with E-state index < -0.39 is 7.60 Å². The van der Waals surface area contributed by atoms with Gasteiger partial charge in [0.25, 0.3) is 0 Å². The van der Waals surface area contributed by atoms with Crippen molar-refractivity contribution in [3.05, 3.63) is 0 Å². The standard InChI is InChI=1S/C18H36NO5P/c1-4-7-15-22-19(18(20)17-12-9-8-10-13-17)14-11-16-25(21,23-5-2)24-6-3/h17H,4-16H2,1-3H3. The summed E-state index contributed by atoms with van der Waals surface area (Å²) in [5.41, 5.74) is 0. The molecular weight excluding hydrogens is 341 g/mol. The van der Waals surface area contributed by atoms with Gasteiger partial charge in [-0.2, -0.15) is 0 Å². The third kappa shape index (κ3) is 8.67. The fourth-order valence-electron chi connectivity index (χ4n) is 3.08. The Morgan fingerprint density at radius 3 is 2.24 bits per heavy atom. The SMILES string of the molecule is CCCCON(CCCP(=O)(OCC)OCC)C(=O)C1CCCCC1. The summed E-state index contributed by atoms with van der Waals surface area (Å²) in [6.07, 6.45) is 8.13. The third-order valence-corrected chi connectivity index (χ3v) is 6.56. The van der Waals surface area contributed by atoms with Gasteiger partial charge in [0, 0.05) is 12.5 Å². The summed E-state index contributed by atoms with van der Waals surface area (Å²) < 4.78 is 23.2. The first-order valence-corrected chi connectivity index (χ1v) is 11.6. The van der Waals surface area contributed by atoms with E-state index in [1.54, 1.807) is 13.8 Å². The normalized spacial score (nSPS) is 16.1. The fourth-order valence-corrected chi connectivity index (χ4v) is 4.73. The van der Waals surface area contributed by atoms with E-state index in [0.29, 0.717) is 38.9 Å². The minimum atomic E-state index is -3.06. The van der Waals surface area contributed by atoms with Gasteiger partial charge in [-0.15, -0.1) is 0 Å². The van der Waals surface area contributed by atoms with E-state index >= 15 is 0 Å². The molecule has 1 saturated carbocycles. The van der Waals surface area contributed by atoms with Gasteiger partial charge in [0.05, 0.1) is 26.0 Å². The molecule has 148 valence electrons.